The van der Waals surface area contributed by atoms with Gasteiger partial charge in [-0.3, -0.25) is 4.79 Å². The lowest BCUT2D eigenvalue weighted by Gasteiger charge is -2.36. The summed E-state index contributed by atoms with van der Waals surface area (Å²) in [5.41, 5.74) is 6.68. The monoisotopic (exact) mass is 375 g/mol. The van der Waals surface area contributed by atoms with Crippen molar-refractivity contribution >= 4 is 23.2 Å². The molecule has 140 valence electrons. The van der Waals surface area contributed by atoms with Crippen LogP contribution in [-0.4, -0.2) is 42.1 Å². The van der Waals surface area contributed by atoms with E-state index in [4.69, 9.17) is 22.1 Å². The van der Waals surface area contributed by atoms with Crippen LogP contribution < -0.4 is 15.8 Å². The molecule has 1 unspecified atom stereocenters. The van der Waals surface area contributed by atoms with Gasteiger partial charge in [0.2, 0.25) is 0 Å². The Morgan fingerprint density at radius 3 is 2.65 bits per heavy atom. The van der Waals surface area contributed by atoms with E-state index in [0.717, 1.165) is 12.8 Å². The predicted molar refractivity (Wildman–Crippen MR) is 104 cm³/mol. The normalized spacial score (nSPS) is 25.9. The van der Waals surface area contributed by atoms with Crippen molar-refractivity contribution in [3.8, 4) is 17.6 Å². The summed E-state index contributed by atoms with van der Waals surface area (Å²) >= 11 is 6.15. The quantitative estimate of drug-likeness (QED) is 0.627. The van der Waals surface area contributed by atoms with Gasteiger partial charge in [-0.2, -0.15) is 0 Å². The summed E-state index contributed by atoms with van der Waals surface area (Å²) in [4.78, 5) is 15.4. The van der Waals surface area contributed by atoms with Crippen LogP contribution in [0.15, 0.2) is 12.1 Å². The van der Waals surface area contributed by atoms with E-state index in [1.807, 2.05) is 6.92 Å². The summed E-state index contributed by atoms with van der Waals surface area (Å²) in [6, 6.07) is 4.48. The first kappa shape index (κ1) is 18.9. The molecule has 2 bridgehead atoms. The topological polar surface area (TPSA) is 67.6 Å². The zero-order valence-electron chi connectivity index (χ0n) is 15.5. The highest BCUT2D eigenvalue weighted by Crippen LogP contribution is 2.35. The van der Waals surface area contributed by atoms with Crippen molar-refractivity contribution in [2.75, 3.05) is 12.8 Å². The molecule has 2 aliphatic heterocycles. The lowest BCUT2D eigenvalue weighted by Crippen LogP contribution is -2.48. The predicted octanol–water partition coefficient (Wildman–Crippen LogP) is 3.07. The number of nitrogens with two attached hydrogens (primary N) is 1. The van der Waals surface area contributed by atoms with E-state index in [2.05, 4.69) is 29.1 Å². The van der Waals surface area contributed by atoms with E-state index >= 15 is 0 Å². The molecule has 0 aliphatic carbocycles. The molecule has 0 spiro atoms. The molecule has 1 aromatic carbocycles. The molecule has 0 aromatic heterocycles. The standard InChI is InChI=1S/C20H26ClN3O2/c1-4-5-12(2)26-19-11-18(22)17(21)10-16(19)20(25)23-13-8-14-6-7-15(9-13)24(14)3/h10-15H,6-9,22H2,1-3H3,(H,23,25)/t12?,13-,14+,15-. The van der Waals surface area contributed by atoms with Crippen molar-refractivity contribution in [3.63, 3.8) is 0 Å². The Hall–Kier alpha value is -1.90. The molecule has 1 aromatic rings. The van der Waals surface area contributed by atoms with Crippen LogP contribution in [-0.2, 0) is 0 Å². The number of fused-ring (bicyclic) bond motifs is 2. The Labute approximate surface area is 160 Å². The second kappa shape index (κ2) is 7.77. The summed E-state index contributed by atoms with van der Waals surface area (Å²) < 4.78 is 5.82. The summed E-state index contributed by atoms with van der Waals surface area (Å²) in [6.45, 7) is 3.58. The number of nitrogen functional groups attached to an aromatic ring is 1. The third kappa shape index (κ3) is 3.92. The van der Waals surface area contributed by atoms with Crippen LogP contribution in [0.4, 0.5) is 5.69 Å². The van der Waals surface area contributed by atoms with Crippen LogP contribution in [0.1, 0.15) is 49.9 Å². The van der Waals surface area contributed by atoms with Crippen molar-refractivity contribution in [1.29, 1.82) is 0 Å². The molecule has 1 amide bonds. The van der Waals surface area contributed by atoms with Gasteiger partial charge in [0, 0.05) is 24.2 Å². The second-order valence-electron chi connectivity index (χ2n) is 7.22. The first-order valence-corrected chi connectivity index (χ1v) is 9.47. The maximum absolute atomic E-state index is 12.9. The van der Waals surface area contributed by atoms with Gasteiger partial charge in [-0.25, -0.2) is 0 Å². The molecule has 2 saturated heterocycles. The van der Waals surface area contributed by atoms with E-state index in [-0.39, 0.29) is 18.1 Å². The van der Waals surface area contributed by atoms with Crippen molar-refractivity contribution in [2.45, 2.75) is 63.8 Å². The number of piperidine rings is 1. The second-order valence-corrected chi connectivity index (χ2v) is 7.62. The molecule has 5 nitrogen and oxygen atoms in total. The molecule has 2 fully saturated rings. The molecular formula is C20H26ClN3O2. The van der Waals surface area contributed by atoms with Gasteiger partial charge in [0.25, 0.3) is 5.91 Å². The number of halogens is 1. The third-order valence-electron chi connectivity index (χ3n) is 5.43. The third-order valence-corrected chi connectivity index (χ3v) is 5.76. The minimum absolute atomic E-state index is 0.174. The van der Waals surface area contributed by atoms with Crippen LogP contribution in [0.5, 0.6) is 5.75 Å². The molecule has 6 heteroatoms. The average molecular weight is 376 g/mol. The summed E-state index contributed by atoms with van der Waals surface area (Å²) in [5.74, 6) is 5.97. The van der Waals surface area contributed by atoms with Gasteiger partial charge in [0.1, 0.15) is 5.75 Å². The Morgan fingerprint density at radius 2 is 2.04 bits per heavy atom. The number of ether oxygens (including phenoxy) is 1. The van der Waals surface area contributed by atoms with Crippen molar-refractivity contribution in [3.05, 3.63) is 22.7 Å². The van der Waals surface area contributed by atoms with Crippen molar-refractivity contribution in [1.82, 2.24) is 10.2 Å². The number of hydrogen-bond donors (Lipinski definition) is 2. The van der Waals surface area contributed by atoms with Gasteiger partial charge in [-0.05, 0) is 52.6 Å². The fourth-order valence-electron chi connectivity index (χ4n) is 4.06. The molecule has 2 heterocycles. The van der Waals surface area contributed by atoms with E-state index in [0.29, 0.717) is 34.1 Å². The Balaban J connectivity index is 1.77. The molecule has 2 aliphatic rings. The minimum atomic E-state index is -0.341. The molecule has 0 radical (unpaired) electrons. The molecule has 0 saturated carbocycles. The largest absolute Gasteiger partial charge is 0.477 e. The van der Waals surface area contributed by atoms with Crippen LogP contribution in [0.25, 0.3) is 0 Å². The van der Waals surface area contributed by atoms with Gasteiger partial charge in [0.05, 0.1) is 16.3 Å². The van der Waals surface area contributed by atoms with Gasteiger partial charge in [-0.15, -0.1) is 5.92 Å². The number of anilines is 1. The van der Waals surface area contributed by atoms with Crippen molar-refractivity contribution in [2.24, 2.45) is 0 Å². The number of carbonyl (C=O) groups is 1. The van der Waals surface area contributed by atoms with Crippen LogP contribution in [0, 0.1) is 11.8 Å². The molecule has 3 rings (SSSR count). The minimum Gasteiger partial charge on any atom is -0.477 e. The fraction of sp³-hybridized carbons (Fsp3) is 0.550. The zero-order valence-corrected chi connectivity index (χ0v) is 16.3. The SMILES string of the molecule is CC#CC(C)Oc1cc(N)c(Cl)cc1C(=O)N[C@H]1C[C@H]2CC[C@@H](C1)N2C. The molecule has 3 N–H and O–H groups in total. The van der Waals surface area contributed by atoms with Crippen LogP contribution in [0.3, 0.4) is 0 Å². The van der Waals surface area contributed by atoms with E-state index < -0.39 is 0 Å². The number of nitrogens with zero attached hydrogens (tertiary/aromatic N) is 1. The highest BCUT2D eigenvalue weighted by molar-refractivity contribution is 6.33. The van der Waals surface area contributed by atoms with Crippen LogP contribution >= 0.6 is 11.6 Å². The van der Waals surface area contributed by atoms with E-state index in [9.17, 15) is 4.79 Å². The lowest BCUT2D eigenvalue weighted by molar-refractivity contribution is 0.0878. The number of nitrogens with one attached hydrogen (secondary N) is 1. The average Bonchev–Trinajstić information content (AvgIpc) is 2.80. The van der Waals surface area contributed by atoms with Gasteiger partial charge in [-0.1, -0.05) is 17.5 Å². The van der Waals surface area contributed by atoms with Gasteiger partial charge >= 0.3 is 0 Å². The number of benzene rings is 1. The number of hydrogen-bond acceptors (Lipinski definition) is 4. The Kier molecular flexibility index (Phi) is 5.64. The maximum atomic E-state index is 12.9. The van der Waals surface area contributed by atoms with E-state index in [1.54, 1.807) is 19.1 Å². The van der Waals surface area contributed by atoms with Gasteiger partial charge in [0.15, 0.2) is 6.10 Å². The first-order chi connectivity index (χ1) is 12.4. The molecular weight excluding hydrogens is 350 g/mol. The van der Waals surface area contributed by atoms with Crippen LogP contribution in [0.2, 0.25) is 5.02 Å². The Morgan fingerprint density at radius 1 is 1.38 bits per heavy atom. The lowest BCUT2D eigenvalue weighted by atomic mass is 9.97. The molecule has 4 atom stereocenters. The summed E-state index contributed by atoms with van der Waals surface area (Å²) in [6.07, 6.45) is 4.04. The molecule has 26 heavy (non-hydrogen) atoms. The first-order valence-electron chi connectivity index (χ1n) is 9.09. The number of amides is 1. The highest BCUT2D eigenvalue weighted by atomic mass is 35.5. The highest BCUT2D eigenvalue weighted by Gasteiger charge is 2.39. The number of rotatable bonds is 4. The summed E-state index contributed by atoms with van der Waals surface area (Å²) in [5, 5.41) is 3.52. The van der Waals surface area contributed by atoms with Gasteiger partial charge < -0.3 is 20.7 Å². The van der Waals surface area contributed by atoms with E-state index in [1.165, 1.54) is 12.8 Å². The number of carbonyl (C=O) groups excluding carboxylic acids is 1. The smallest absolute Gasteiger partial charge is 0.255 e. The summed E-state index contributed by atoms with van der Waals surface area (Å²) in [7, 11) is 2.18. The zero-order chi connectivity index (χ0) is 18.8. The Bertz CT molecular complexity index is 741. The van der Waals surface area contributed by atoms with Crippen molar-refractivity contribution < 1.29 is 9.53 Å². The maximum Gasteiger partial charge on any atom is 0.255 e. The fourth-order valence-corrected chi connectivity index (χ4v) is 4.22.